The Hall–Kier alpha value is -1.16. The number of fused-ring (bicyclic) bond motifs is 2. The van der Waals surface area contributed by atoms with E-state index in [4.69, 9.17) is 11.6 Å². The first kappa shape index (κ1) is 12.6. The quantitative estimate of drug-likeness (QED) is 0.749. The van der Waals surface area contributed by atoms with Gasteiger partial charge in [0.15, 0.2) is 5.65 Å². The van der Waals surface area contributed by atoms with Crippen molar-refractivity contribution in [3.8, 4) is 0 Å². The second-order valence-electron chi connectivity index (χ2n) is 6.31. The zero-order chi connectivity index (χ0) is 13.5. The molecule has 0 aliphatic heterocycles. The van der Waals surface area contributed by atoms with Crippen molar-refractivity contribution in [3.05, 3.63) is 23.4 Å². The Morgan fingerprint density at radius 2 is 1.90 bits per heavy atom. The highest BCUT2D eigenvalue weighted by molar-refractivity contribution is 6.29. The maximum absolute atomic E-state index is 5.91. The Morgan fingerprint density at radius 1 is 1.05 bits per heavy atom. The maximum atomic E-state index is 5.91. The molecule has 2 heterocycles. The van der Waals surface area contributed by atoms with Crippen LogP contribution in [0.4, 0.5) is 0 Å². The van der Waals surface area contributed by atoms with E-state index in [1.807, 2.05) is 4.40 Å². The molecule has 3 atom stereocenters. The molecule has 20 heavy (non-hydrogen) atoms. The van der Waals surface area contributed by atoms with E-state index in [1.165, 1.54) is 44.9 Å². The first-order chi connectivity index (χ1) is 9.81. The number of aromatic nitrogens is 4. The van der Waals surface area contributed by atoms with Crippen LogP contribution in [0.25, 0.3) is 5.65 Å². The Morgan fingerprint density at radius 3 is 2.80 bits per heavy atom. The molecule has 4 nitrogen and oxygen atoms in total. The molecule has 2 aromatic rings. The van der Waals surface area contributed by atoms with Crippen LogP contribution in [0, 0.1) is 11.8 Å². The van der Waals surface area contributed by atoms with Crippen molar-refractivity contribution in [2.75, 3.05) is 0 Å². The zero-order valence-electron chi connectivity index (χ0n) is 11.5. The van der Waals surface area contributed by atoms with E-state index in [0.717, 1.165) is 23.3 Å². The number of hydrogen-bond acceptors (Lipinski definition) is 3. The van der Waals surface area contributed by atoms with E-state index in [-0.39, 0.29) is 0 Å². The van der Waals surface area contributed by atoms with Crippen molar-refractivity contribution in [2.45, 2.75) is 50.9 Å². The van der Waals surface area contributed by atoms with Gasteiger partial charge >= 0.3 is 0 Å². The SMILES string of the molecule is Clc1cc2nnc(C3CCC4CCCCC4C3)n2cn1. The molecular formula is C15H19ClN4. The van der Waals surface area contributed by atoms with E-state index in [1.54, 1.807) is 12.4 Å². The summed E-state index contributed by atoms with van der Waals surface area (Å²) >= 11 is 5.91. The van der Waals surface area contributed by atoms with E-state index < -0.39 is 0 Å². The molecule has 5 heteroatoms. The molecule has 0 amide bonds. The summed E-state index contributed by atoms with van der Waals surface area (Å²) in [5.41, 5.74) is 0.811. The Bertz CT molecular complexity index is 623. The lowest BCUT2D eigenvalue weighted by Crippen LogP contribution is -2.27. The van der Waals surface area contributed by atoms with E-state index >= 15 is 0 Å². The lowest BCUT2D eigenvalue weighted by atomic mass is 9.67. The summed E-state index contributed by atoms with van der Waals surface area (Å²) < 4.78 is 2.01. The second-order valence-corrected chi connectivity index (χ2v) is 6.70. The smallest absolute Gasteiger partial charge is 0.165 e. The topological polar surface area (TPSA) is 43.1 Å². The minimum absolute atomic E-state index is 0.479. The van der Waals surface area contributed by atoms with Gasteiger partial charge in [-0.05, 0) is 31.1 Å². The van der Waals surface area contributed by atoms with Gasteiger partial charge in [0.05, 0.1) is 0 Å². The second kappa shape index (κ2) is 4.99. The fraction of sp³-hybridized carbons (Fsp3) is 0.667. The van der Waals surface area contributed by atoms with Gasteiger partial charge in [-0.15, -0.1) is 10.2 Å². The van der Waals surface area contributed by atoms with Crippen molar-refractivity contribution < 1.29 is 0 Å². The van der Waals surface area contributed by atoms with Gasteiger partial charge in [0.2, 0.25) is 0 Å². The molecule has 0 spiro atoms. The normalized spacial score (nSPS) is 30.4. The largest absolute Gasteiger partial charge is 0.269 e. The third kappa shape index (κ3) is 2.10. The zero-order valence-corrected chi connectivity index (χ0v) is 12.3. The van der Waals surface area contributed by atoms with Gasteiger partial charge in [0.1, 0.15) is 17.3 Å². The summed E-state index contributed by atoms with van der Waals surface area (Å²) in [4.78, 5) is 4.16. The van der Waals surface area contributed by atoms with Gasteiger partial charge in [0.25, 0.3) is 0 Å². The molecule has 0 radical (unpaired) electrons. The highest BCUT2D eigenvalue weighted by atomic mass is 35.5. The summed E-state index contributed by atoms with van der Waals surface area (Å²) in [7, 11) is 0. The van der Waals surface area contributed by atoms with Crippen LogP contribution in [0.15, 0.2) is 12.4 Å². The molecule has 106 valence electrons. The molecule has 0 aromatic carbocycles. The molecule has 0 bridgehead atoms. The molecule has 2 aromatic heterocycles. The number of halogens is 1. The number of nitrogens with zero attached hydrogens (tertiary/aromatic N) is 4. The minimum Gasteiger partial charge on any atom is -0.269 e. The van der Waals surface area contributed by atoms with Crippen LogP contribution in [0.2, 0.25) is 5.15 Å². The van der Waals surface area contributed by atoms with E-state index in [2.05, 4.69) is 15.2 Å². The monoisotopic (exact) mass is 290 g/mol. The summed E-state index contributed by atoms with van der Waals surface area (Å²) in [6, 6.07) is 1.78. The summed E-state index contributed by atoms with van der Waals surface area (Å²) in [6.45, 7) is 0. The average Bonchev–Trinajstić information content (AvgIpc) is 2.89. The molecule has 4 rings (SSSR count). The van der Waals surface area contributed by atoms with Crippen LogP contribution < -0.4 is 0 Å². The van der Waals surface area contributed by atoms with Crippen molar-refractivity contribution >= 4 is 17.2 Å². The van der Waals surface area contributed by atoms with Crippen LogP contribution in [0.1, 0.15) is 56.7 Å². The lowest BCUT2D eigenvalue weighted by molar-refractivity contribution is 0.152. The molecular weight excluding hydrogens is 272 g/mol. The van der Waals surface area contributed by atoms with Crippen LogP contribution in [-0.2, 0) is 0 Å². The van der Waals surface area contributed by atoms with Gasteiger partial charge in [-0.1, -0.05) is 37.3 Å². The predicted molar refractivity (Wildman–Crippen MR) is 77.8 cm³/mol. The summed E-state index contributed by atoms with van der Waals surface area (Å²) in [6.07, 6.45) is 11.3. The van der Waals surface area contributed by atoms with Crippen molar-refractivity contribution in [1.82, 2.24) is 19.6 Å². The average molecular weight is 291 g/mol. The number of rotatable bonds is 1. The third-order valence-electron chi connectivity index (χ3n) is 5.20. The predicted octanol–water partition coefficient (Wildman–Crippen LogP) is 3.85. The van der Waals surface area contributed by atoms with Gasteiger partial charge in [-0.25, -0.2) is 4.98 Å². The maximum Gasteiger partial charge on any atom is 0.165 e. The van der Waals surface area contributed by atoms with Gasteiger partial charge in [-0.2, -0.15) is 0 Å². The first-order valence-corrected chi connectivity index (χ1v) is 8.05. The van der Waals surface area contributed by atoms with Gasteiger partial charge in [-0.3, -0.25) is 4.40 Å². The first-order valence-electron chi connectivity index (χ1n) is 7.67. The summed E-state index contributed by atoms with van der Waals surface area (Å²) in [5.74, 6) is 3.47. The van der Waals surface area contributed by atoms with Crippen molar-refractivity contribution in [3.63, 3.8) is 0 Å². The minimum atomic E-state index is 0.479. The highest BCUT2D eigenvalue weighted by Crippen LogP contribution is 2.45. The molecule has 2 saturated carbocycles. The fourth-order valence-electron chi connectivity index (χ4n) is 4.18. The Labute approximate surface area is 123 Å². The fourth-order valence-corrected chi connectivity index (χ4v) is 4.32. The molecule has 0 N–H and O–H groups in total. The van der Waals surface area contributed by atoms with Crippen LogP contribution >= 0.6 is 11.6 Å². The van der Waals surface area contributed by atoms with Crippen LogP contribution in [-0.4, -0.2) is 19.6 Å². The van der Waals surface area contributed by atoms with E-state index in [0.29, 0.717) is 11.1 Å². The molecule has 2 fully saturated rings. The molecule has 2 aliphatic carbocycles. The molecule has 2 aliphatic rings. The van der Waals surface area contributed by atoms with Crippen LogP contribution in [0.3, 0.4) is 0 Å². The Balaban J connectivity index is 1.63. The number of hydrogen-bond donors (Lipinski definition) is 0. The standard InChI is InChI=1S/C15H19ClN4/c16-13-8-14-18-19-15(20(14)9-17-13)12-6-5-10-3-1-2-4-11(10)7-12/h8-12H,1-7H2. The highest BCUT2D eigenvalue weighted by Gasteiger charge is 2.34. The van der Waals surface area contributed by atoms with Gasteiger partial charge < -0.3 is 0 Å². The lowest BCUT2D eigenvalue weighted by Gasteiger charge is -2.38. The molecule has 3 unspecified atom stereocenters. The van der Waals surface area contributed by atoms with Crippen molar-refractivity contribution in [1.29, 1.82) is 0 Å². The van der Waals surface area contributed by atoms with Crippen LogP contribution in [0.5, 0.6) is 0 Å². The third-order valence-corrected chi connectivity index (χ3v) is 5.40. The Kier molecular flexibility index (Phi) is 3.14. The van der Waals surface area contributed by atoms with Gasteiger partial charge in [0, 0.05) is 12.0 Å². The van der Waals surface area contributed by atoms with E-state index in [9.17, 15) is 0 Å². The molecule has 0 saturated heterocycles. The summed E-state index contributed by atoms with van der Waals surface area (Å²) in [5, 5.41) is 9.14. The van der Waals surface area contributed by atoms with Crippen molar-refractivity contribution in [2.24, 2.45) is 11.8 Å².